The Bertz CT molecular complexity index is 456. The van der Waals surface area contributed by atoms with E-state index in [0.717, 1.165) is 19.3 Å². The van der Waals surface area contributed by atoms with Crippen molar-refractivity contribution in [3.63, 3.8) is 0 Å². The molecule has 0 heterocycles. The van der Waals surface area contributed by atoms with Crippen LogP contribution in [-0.2, 0) is 0 Å². The van der Waals surface area contributed by atoms with Crippen LogP contribution >= 0.6 is 0 Å². The Hall–Kier alpha value is -1.75. The molecule has 0 bridgehead atoms. The van der Waals surface area contributed by atoms with Crippen LogP contribution in [0.1, 0.15) is 29.6 Å². The summed E-state index contributed by atoms with van der Waals surface area (Å²) in [5.74, 6) is 0.249. The van der Waals surface area contributed by atoms with Crippen molar-refractivity contribution in [3.8, 4) is 5.75 Å². The maximum absolute atomic E-state index is 11.9. The minimum absolute atomic E-state index is 0.228. The van der Waals surface area contributed by atoms with Gasteiger partial charge in [0.1, 0.15) is 5.75 Å². The Morgan fingerprint density at radius 3 is 2.83 bits per heavy atom. The van der Waals surface area contributed by atoms with E-state index in [4.69, 9.17) is 10.5 Å². The fraction of sp³-hybridized carbons (Fsp3) is 0.462. The zero-order valence-corrected chi connectivity index (χ0v) is 10.4. The number of anilines is 1. The summed E-state index contributed by atoms with van der Waals surface area (Å²) in [6, 6.07) is 4.86. The van der Waals surface area contributed by atoms with Gasteiger partial charge >= 0.3 is 0 Å². The van der Waals surface area contributed by atoms with Gasteiger partial charge in [0, 0.05) is 12.1 Å². The van der Waals surface area contributed by atoms with Gasteiger partial charge in [0.15, 0.2) is 0 Å². The van der Waals surface area contributed by atoms with Gasteiger partial charge in [-0.2, -0.15) is 0 Å². The average Bonchev–Trinajstić information content (AvgIpc) is 2.34. The molecule has 1 amide bonds. The Labute approximate surface area is 106 Å². The summed E-state index contributed by atoms with van der Waals surface area (Å²) < 4.78 is 5.06. The van der Waals surface area contributed by atoms with Crippen LogP contribution in [0.15, 0.2) is 18.2 Å². The highest BCUT2D eigenvalue weighted by molar-refractivity contribution is 5.95. The second-order valence-electron chi connectivity index (χ2n) is 4.72. The van der Waals surface area contributed by atoms with Gasteiger partial charge in [-0.3, -0.25) is 4.79 Å². The number of hydrogen-bond donors (Lipinski definition) is 3. The molecule has 0 spiro atoms. The lowest BCUT2D eigenvalue weighted by atomic mass is 9.80. The lowest BCUT2D eigenvalue weighted by Gasteiger charge is -2.36. The molecule has 1 saturated carbocycles. The monoisotopic (exact) mass is 250 g/mol. The van der Waals surface area contributed by atoms with Crippen LogP contribution in [0.4, 0.5) is 5.69 Å². The molecule has 5 nitrogen and oxygen atoms in total. The van der Waals surface area contributed by atoms with E-state index in [-0.39, 0.29) is 5.91 Å². The van der Waals surface area contributed by atoms with Crippen LogP contribution in [-0.4, -0.2) is 30.3 Å². The summed E-state index contributed by atoms with van der Waals surface area (Å²) in [5, 5.41) is 12.6. The molecule has 1 aromatic carbocycles. The third kappa shape index (κ3) is 2.56. The number of rotatable bonds is 4. The molecule has 0 aromatic heterocycles. The maximum atomic E-state index is 11.9. The second-order valence-corrected chi connectivity index (χ2v) is 4.72. The van der Waals surface area contributed by atoms with Gasteiger partial charge in [0.2, 0.25) is 0 Å². The van der Waals surface area contributed by atoms with E-state index in [1.54, 1.807) is 18.2 Å². The lowest BCUT2D eigenvalue weighted by Crippen LogP contribution is -2.47. The predicted molar refractivity (Wildman–Crippen MR) is 68.5 cm³/mol. The van der Waals surface area contributed by atoms with Gasteiger partial charge in [-0.05, 0) is 37.5 Å². The Kier molecular flexibility index (Phi) is 3.43. The van der Waals surface area contributed by atoms with Crippen LogP contribution in [0.3, 0.4) is 0 Å². The number of hydrogen-bond acceptors (Lipinski definition) is 4. The molecule has 1 aliphatic carbocycles. The molecule has 1 aromatic rings. The molecule has 0 aliphatic heterocycles. The number of methoxy groups -OCH3 is 1. The highest BCUT2D eigenvalue weighted by atomic mass is 16.5. The topological polar surface area (TPSA) is 84.6 Å². The fourth-order valence-electron chi connectivity index (χ4n) is 1.96. The van der Waals surface area contributed by atoms with Crippen LogP contribution in [0.2, 0.25) is 0 Å². The Balaban J connectivity index is 2.00. The van der Waals surface area contributed by atoms with Crippen LogP contribution < -0.4 is 15.8 Å². The number of amides is 1. The summed E-state index contributed by atoms with van der Waals surface area (Å²) in [4.78, 5) is 11.9. The van der Waals surface area contributed by atoms with Crippen molar-refractivity contribution >= 4 is 11.6 Å². The van der Waals surface area contributed by atoms with E-state index in [9.17, 15) is 9.90 Å². The molecule has 1 aliphatic rings. The quantitative estimate of drug-likeness (QED) is 0.694. The zero-order chi connectivity index (χ0) is 13.2. The van der Waals surface area contributed by atoms with Crippen molar-refractivity contribution in [2.45, 2.75) is 24.9 Å². The minimum Gasteiger partial charge on any atom is -0.495 e. The molecular weight excluding hydrogens is 232 g/mol. The number of nitrogen functional groups attached to an aromatic ring is 1. The molecule has 1 fully saturated rings. The van der Waals surface area contributed by atoms with Gasteiger partial charge in [-0.25, -0.2) is 0 Å². The predicted octanol–water partition coefficient (Wildman–Crippen LogP) is 0.922. The molecule has 2 rings (SSSR count). The molecule has 4 N–H and O–H groups in total. The molecule has 98 valence electrons. The van der Waals surface area contributed by atoms with Crippen molar-refractivity contribution in [3.05, 3.63) is 23.8 Å². The number of carbonyl (C=O) groups is 1. The molecule has 18 heavy (non-hydrogen) atoms. The smallest absolute Gasteiger partial charge is 0.251 e. The van der Waals surface area contributed by atoms with Crippen LogP contribution in [0.25, 0.3) is 0 Å². The maximum Gasteiger partial charge on any atom is 0.251 e. The standard InChI is InChI=1S/C13H18N2O3/c1-18-11-7-9(3-4-10(11)14)12(16)15-8-13(17)5-2-6-13/h3-4,7,17H,2,5-6,8,14H2,1H3,(H,15,16). The minimum atomic E-state index is -0.715. The highest BCUT2D eigenvalue weighted by Gasteiger charge is 2.34. The van der Waals surface area contributed by atoms with Gasteiger partial charge < -0.3 is 20.9 Å². The van der Waals surface area contributed by atoms with Crippen LogP contribution in [0.5, 0.6) is 5.75 Å². The third-order valence-corrected chi connectivity index (χ3v) is 3.36. The lowest BCUT2D eigenvalue weighted by molar-refractivity contribution is -0.0300. The third-order valence-electron chi connectivity index (χ3n) is 3.36. The fourth-order valence-corrected chi connectivity index (χ4v) is 1.96. The molecular formula is C13H18N2O3. The van der Waals surface area contributed by atoms with Crippen LogP contribution in [0, 0.1) is 0 Å². The van der Waals surface area contributed by atoms with E-state index in [1.807, 2.05) is 0 Å². The van der Waals surface area contributed by atoms with E-state index in [2.05, 4.69) is 5.32 Å². The molecule has 0 atom stereocenters. The van der Waals surface area contributed by atoms with Crippen molar-refractivity contribution in [1.29, 1.82) is 0 Å². The average molecular weight is 250 g/mol. The van der Waals surface area contributed by atoms with E-state index in [0.29, 0.717) is 23.5 Å². The summed E-state index contributed by atoms with van der Waals surface area (Å²) in [6.07, 6.45) is 2.51. The van der Waals surface area contributed by atoms with E-state index in [1.165, 1.54) is 7.11 Å². The number of nitrogens with two attached hydrogens (primary N) is 1. The van der Waals surface area contributed by atoms with Gasteiger partial charge in [0.25, 0.3) is 5.91 Å². The molecule has 0 radical (unpaired) electrons. The number of benzene rings is 1. The van der Waals surface area contributed by atoms with Gasteiger partial charge in [-0.15, -0.1) is 0 Å². The zero-order valence-electron chi connectivity index (χ0n) is 10.4. The first-order valence-corrected chi connectivity index (χ1v) is 5.98. The normalized spacial score (nSPS) is 16.8. The first kappa shape index (κ1) is 12.7. The first-order valence-electron chi connectivity index (χ1n) is 5.98. The Morgan fingerprint density at radius 2 is 2.28 bits per heavy atom. The van der Waals surface area contributed by atoms with Gasteiger partial charge in [0.05, 0.1) is 18.4 Å². The number of ether oxygens (including phenoxy) is 1. The largest absolute Gasteiger partial charge is 0.495 e. The van der Waals surface area contributed by atoms with Crippen molar-refractivity contribution < 1.29 is 14.6 Å². The summed E-state index contributed by atoms with van der Waals surface area (Å²) in [6.45, 7) is 0.290. The van der Waals surface area contributed by atoms with E-state index >= 15 is 0 Å². The second kappa shape index (κ2) is 4.86. The highest BCUT2D eigenvalue weighted by Crippen LogP contribution is 2.30. The molecule has 0 saturated heterocycles. The van der Waals surface area contributed by atoms with Crippen molar-refractivity contribution in [1.82, 2.24) is 5.32 Å². The van der Waals surface area contributed by atoms with E-state index < -0.39 is 5.60 Å². The summed E-state index contributed by atoms with van der Waals surface area (Å²) in [5.41, 5.74) is 5.93. The summed E-state index contributed by atoms with van der Waals surface area (Å²) >= 11 is 0. The molecule has 0 unspecified atom stereocenters. The number of aliphatic hydroxyl groups is 1. The summed E-state index contributed by atoms with van der Waals surface area (Å²) in [7, 11) is 1.50. The number of nitrogens with one attached hydrogen (secondary N) is 1. The number of carbonyl (C=O) groups excluding carboxylic acids is 1. The van der Waals surface area contributed by atoms with Crippen molar-refractivity contribution in [2.75, 3.05) is 19.4 Å². The van der Waals surface area contributed by atoms with Gasteiger partial charge in [-0.1, -0.05) is 0 Å². The molecule has 5 heteroatoms. The SMILES string of the molecule is COc1cc(C(=O)NCC2(O)CCC2)ccc1N. The van der Waals surface area contributed by atoms with Crippen molar-refractivity contribution in [2.24, 2.45) is 0 Å². The first-order chi connectivity index (χ1) is 8.54. The Morgan fingerprint density at radius 1 is 1.56 bits per heavy atom.